The van der Waals surface area contributed by atoms with Crippen LogP contribution in [0.5, 0.6) is 0 Å². The quantitative estimate of drug-likeness (QED) is 0.796. The van der Waals surface area contributed by atoms with Gasteiger partial charge in [0.2, 0.25) is 0 Å². The summed E-state index contributed by atoms with van der Waals surface area (Å²) in [6.07, 6.45) is 1.18. The molecule has 0 heterocycles. The largest absolute Gasteiger partial charge is 0.314 e. The van der Waals surface area contributed by atoms with Gasteiger partial charge in [-0.15, -0.1) is 0 Å². The molecule has 2 nitrogen and oxygen atoms in total. The minimum Gasteiger partial charge on any atom is -0.314 e. The van der Waals surface area contributed by atoms with Crippen molar-refractivity contribution in [2.24, 2.45) is 5.41 Å². The molecule has 1 N–H and O–H groups in total. The van der Waals surface area contributed by atoms with Crippen LogP contribution in [0.25, 0.3) is 0 Å². The van der Waals surface area contributed by atoms with Crippen molar-refractivity contribution in [3.05, 3.63) is 34.3 Å². The van der Waals surface area contributed by atoms with Crippen LogP contribution in [0.2, 0.25) is 0 Å². The molecule has 0 radical (unpaired) electrons. The van der Waals surface area contributed by atoms with Crippen LogP contribution in [0, 0.1) is 5.41 Å². The lowest BCUT2D eigenvalue weighted by Gasteiger charge is -2.33. The molecule has 0 amide bonds. The molecule has 0 aliphatic carbocycles. The van der Waals surface area contributed by atoms with Crippen LogP contribution in [0.3, 0.4) is 0 Å². The summed E-state index contributed by atoms with van der Waals surface area (Å²) >= 11 is 3.62. The Kier molecular flexibility index (Phi) is 7.21. The van der Waals surface area contributed by atoms with Gasteiger partial charge in [-0.25, -0.2) is 0 Å². The maximum absolute atomic E-state index is 3.62. The van der Waals surface area contributed by atoms with Gasteiger partial charge in [-0.1, -0.05) is 61.8 Å². The smallest absolute Gasteiger partial charge is 0.0241 e. The number of nitrogens with zero attached hydrogens (tertiary/aromatic N) is 1. The van der Waals surface area contributed by atoms with Gasteiger partial charge in [-0.05, 0) is 43.6 Å². The number of hydrogen-bond donors (Lipinski definition) is 1. The van der Waals surface area contributed by atoms with Crippen molar-refractivity contribution in [1.82, 2.24) is 10.2 Å². The van der Waals surface area contributed by atoms with Crippen LogP contribution < -0.4 is 5.32 Å². The summed E-state index contributed by atoms with van der Waals surface area (Å²) in [7, 11) is 2.20. The molecule has 0 fully saturated rings. The van der Waals surface area contributed by atoms with Crippen molar-refractivity contribution < 1.29 is 0 Å². The molecule has 1 unspecified atom stereocenters. The molecule has 0 aliphatic rings. The normalized spacial score (nSPS) is 13.8. The third kappa shape index (κ3) is 5.94. The van der Waals surface area contributed by atoms with E-state index in [0.717, 1.165) is 19.6 Å². The summed E-state index contributed by atoms with van der Waals surface area (Å²) in [6.45, 7) is 12.3. The minimum atomic E-state index is 0.310. The summed E-state index contributed by atoms with van der Waals surface area (Å²) < 4.78 is 1.20. The lowest BCUT2D eigenvalue weighted by Crippen LogP contribution is -2.42. The molecular weight excluding hydrogens is 312 g/mol. The zero-order valence-electron chi connectivity index (χ0n) is 13.5. The lowest BCUT2D eigenvalue weighted by molar-refractivity contribution is 0.221. The van der Waals surface area contributed by atoms with Gasteiger partial charge in [0.05, 0.1) is 0 Å². The topological polar surface area (TPSA) is 15.3 Å². The van der Waals surface area contributed by atoms with Crippen LogP contribution in [0.4, 0.5) is 0 Å². The van der Waals surface area contributed by atoms with Crippen molar-refractivity contribution in [3.8, 4) is 0 Å². The first-order chi connectivity index (χ1) is 9.34. The summed E-state index contributed by atoms with van der Waals surface area (Å²) in [5, 5.41) is 3.62. The van der Waals surface area contributed by atoms with Gasteiger partial charge in [0.25, 0.3) is 0 Å². The molecule has 20 heavy (non-hydrogen) atoms. The fourth-order valence-electron chi connectivity index (χ4n) is 2.43. The molecule has 0 saturated heterocycles. The maximum atomic E-state index is 3.62. The SMILES string of the molecule is CCNC(CCN(C)Cc1ccccc1Br)C(C)(C)C. The predicted octanol–water partition coefficient (Wildman–Crippen LogP) is 4.30. The third-order valence-electron chi connectivity index (χ3n) is 3.69. The summed E-state index contributed by atoms with van der Waals surface area (Å²) in [5.41, 5.74) is 1.66. The molecule has 1 aromatic rings. The molecule has 0 aromatic heterocycles. The Bertz CT molecular complexity index is 398. The molecule has 0 spiro atoms. The molecule has 0 aliphatic heterocycles. The van der Waals surface area contributed by atoms with Crippen LogP contribution in [-0.4, -0.2) is 31.1 Å². The fraction of sp³-hybridized carbons (Fsp3) is 0.647. The average Bonchev–Trinajstić information content (AvgIpc) is 2.36. The maximum Gasteiger partial charge on any atom is 0.0241 e. The molecule has 1 aromatic carbocycles. The third-order valence-corrected chi connectivity index (χ3v) is 4.47. The van der Waals surface area contributed by atoms with Crippen LogP contribution in [0.1, 0.15) is 39.7 Å². The molecule has 1 rings (SSSR count). The van der Waals surface area contributed by atoms with Crippen molar-refractivity contribution in [3.63, 3.8) is 0 Å². The zero-order chi connectivity index (χ0) is 15.2. The number of nitrogens with one attached hydrogen (secondary N) is 1. The first-order valence-corrected chi connectivity index (χ1v) is 8.29. The number of benzene rings is 1. The monoisotopic (exact) mass is 340 g/mol. The molecule has 1 atom stereocenters. The van der Waals surface area contributed by atoms with Crippen LogP contribution in [-0.2, 0) is 6.54 Å². The first-order valence-electron chi connectivity index (χ1n) is 7.50. The van der Waals surface area contributed by atoms with E-state index in [4.69, 9.17) is 0 Å². The molecule has 114 valence electrons. The lowest BCUT2D eigenvalue weighted by atomic mass is 9.84. The van der Waals surface area contributed by atoms with Crippen molar-refractivity contribution in [2.45, 2.75) is 46.7 Å². The van der Waals surface area contributed by atoms with Gasteiger partial charge in [0, 0.05) is 17.1 Å². The zero-order valence-corrected chi connectivity index (χ0v) is 15.1. The van der Waals surface area contributed by atoms with Crippen LogP contribution >= 0.6 is 15.9 Å². The highest BCUT2D eigenvalue weighted by Gasteiger charge is 2.23. The number of hydrogen-bond acceptors (Lipinski definition) is 2. The van der Waals surface area contributed by atoms with E-state index in [1.165, 1.54) is 16.5 Å². The van der Waals surface area contributed by atoms with E-state index in [-0.39, 0.29) is 0 Å². The van der Waals surface area contributed by atoms with E-state index in [1.807, 2.05) is 0 Å². The first kappa shape index (κ1) is 17.7. The minimum absolute atomic E-state index is 0.310. The van der Waals surface area contributed by atoms with Crippen molar-refractivity contribution in [2.75, 3.05) is 20.1 Å². The standard InChI is InChI=1S/C17H29BrN2/c1-6-19-16(17(2,3)4)11-12-20(5)13-14-9-7-8-10-15(14)18/h7-10,16,19H,6,11-13H2,1-5H3. The van der Waals surface area contributed by atoms with Gasteiger partial charge < -0.3 is 10.2 Å². The molecule has 0 saturated carbocycles. The van der Waals surface area contributed by atoms with E-state index >= 15 is 0 Å². The second-order valence-electron chi connectivity index (χ2n) is 6.59. The van der Waals surface area contributed by atoms with Gasteiger partial charge in [0.15, 0.2) is 0 Å². The van der Waals surface area contributed by atoms with E-state index in [9.17, 15) is 0 Å². The highest BCUT2D eigenvalue weighted by molar-refractivity contribution is 9.10. The van der Waals surface area contributed by atoms with Gasteiger partial charge in [0.1, 0.15) is 0 Å². The Labute approximate surface area is 133 Å². The molecule has 3 heteroatoms. The Morgan fingerprint density at radius 3 is 2.45 bits per heavy atom. The predicted molar refractivity (Wildman–Crippen MR) is 92.0 cm³/mol. The summed E-state index contributed by atoms with van der Waals surface area (Å²) in [4.78, 5) is 2.40. The fourth-order valence-corrected chi connectivity index (χ4v) is 2.84. The Morgan fingerprint density at radius 2 is 1.90 bits per heavy atom. The highest BCUT2D eigenvalue weighted by atomic mass is 79.9. The van der Waals surface area contributed by atoms with E-state index in [1.54, 1.807) is 0 Å². The van der Waals surface area contributed by atoms with Gasteiger partial charge in [-0.3, -0.25) is 0 Å². The molecule has 0 bridgehead atoms. The van der Waals surface area contributed by atoms with E-state index < -0.39 is 0 Å². The van der Waals surface area contributed by atoms with Gasteiger partial charge >= 0.3 is 0 Å². The summed E-state index contributed by atoms with van der Waals surface area (Å²) in [6, 6.07) is 9.03. The summed E-state index contributed by atoms with van der Waals surface area (Å²) in [5.74, 6) is 0. The Balaban J connectivity index is 2.50. The Hall–Kier alpha value is -0.380. The van der Waals surface area contributed by atoms with E-state index in [0.29, 0.717) is 11.5 Å². The Morgan fingerprint density at radius 1 is 1.25 bits per heavy atom. The second-order valence-corrected chi connectivity index (χ2v) is 7.45. The van der Waals surface area contributed by atoms with Crippen molar-refractivity contribution >= 4 is 15.9 Å². The molecular formula is C17H29BrN2. The van der Waals surface area contributed by atoms with Crippen LogP contribution in [0.15, 0.2) is 28.7 Å². The number of halogens is 1. The number of rotatable bonds is 7. The van der Waals surface area contributed by atoms with Gasteiger partial charge in [-0.2, -0.15) is 0 Å². The highest BCUT2D eigenvalue weighted by Crippen LogP contribution is 2.22. The average molecular weight is 341 g/mol. The van der Waals surface area contributed by atoms with Crippen molar-refractivity contribution in [1.29, 1.82) is 0 Å². The van der Waals surface area contributed by atoms with E-state index in [2.05, 4.69) is 85.2 Å². The second kappa shape index (κ2) is 8.16.